The van der Waals surface area contributed by atoms with Gasteiger partial charge in [0.2, 0.25) is 5.91 Å². The van der Waals surface area contributed by atoms with E-state index in [-0.39, 0.29) is 29.9 Å². The topological polar surface area (TPSA) is 63.2 Å². The summed E-state index contributed by atoms with van der Waals surface area (Å²) in [4.78, 5) is 12.0. The molecule has 0 bridgehead atoms. The molecule has 4 nitrogen and oxygen atoms in total. The molecule has 1 unspecified atom stereocenters. The van der Waals surface area contributed by atoms with E-state index in [2.05, 4.69) is 5.32 Å². The molecule has 2 aromatic rings. The van der Waals surface area contributed by atoms with Crippen molar-refractivity contribution in [2.24, 2.45) is 0 Å². The van der Waals surface area contributed by atoms with Gasteiger partial charge in [0, 0.05) is 11.4 Å². The number of rotatable bonds is 7. The minimum Gasteiger partial charge on any atom is -0.350 e. The van der Waals surface area contributed by atoms with Crippen LogP contribution in [-0.2, 0) is 20.4 Å². The molecule has 0 aromatic heterocycles. The van der Waals surface area contributed by atoms with Gasteiger partial charge in [-0.3, -0.25) is 4.79 Å². The predicted molar refractivity (Wildman–Crippen MR) is 96.6 cm³/mol. The van der Waals surface area contributed by atoms with Crippen molar-refractivity contribution in [3.05, 3.63) is 70.7 Å². The van der Waals surface area contributed by atoms with Crippen molar-refractivity contribution in [3.8, 4) is 0 Å². The molecule has 1 atom stereocenters. The highest BCUT2D eigenvalue weighted by Crippen LogP contribution is 2.15. The summed E-state index contributed by atoms with van der Waals surface area (Å²) in [5.41, 5.74) is 1.60. The van der Waals surface area contributed by atoms with Crippen LogP contribution in [0.15, 0.2) is 54.6 Å². The molecule has 0 heterocycles. The first-order valence-corrected chi connectivity index (χ1v) is 9.85. The molecule has 24 heavy (non-hydrogen) atoms. The van der Waals surface area contributed by atoms with Crippen LogP contribution in [0, 0.1) is 0 Å². The normalized spacial score (nSPS) is 12.6. The summed E-state index contributed by atoms with van der Waals surface area (Å²) >= 11 is 5.86. The zero-order valence-electron chi connectivity index (χ0n) is 13.4. The van der Waals surface area contributed by atoms with Gasteiger partial charge in [-0.1, -0.05) is 54.1 Å². The molecule has 6 heteroatoms. The number of carbonyl (C=O) groups excluding carboxylic acids is 1. The Hall–Kier alpha value is -1.85. The van der Waals surface area contributed by atoms with E-state index >= 15 is 0 Å². The molecule has 128 valence electrons. The van der Waals surface area contributed by atoms with E-state index in [4.69, 9.17) is 11.6 Å². The molecule has 0 saturated heterocycles. The van der Waals surface area contributed by atoms with Gasteiger partial charge in [-0.25, -0.2) is 8.42 Å². The lowest BCUT2D eigenvalue weighted by molar-refractivity contribution is -0.121. The average molecular weight is 366 g/mol. The number of benzene rings is 2. The van der Waals surface area contributed by atoms with E-state index in [0.717, 1.165) is 5.56 Å². The second-order valence-electron chi connectivity index (χ2n) is 5.67. The Labute approximate surface area is 147 Å². The van der Waals surface area contributed by atoms with Crippen LogP contribution in [0.4, 0.5) is 0 Å². The smallest absolute Gasteiger partial charge is 0.221 e. The molecule has 2 rings (SSSR count). The van der Waals surface area contributed by atoms with Gasteiger partial charge in [0.1, 0.15) is 0 Å². The third-order valence-corrected chi connectivity index (χ3v) is 5.43. The van der Waals surface area contributed by atoms with Crippen LogP contribution in [0.3, 0.4) is 0 Å². The molecule has 1 amide bonds. The SMILES string of the molecule is CC(NC(=O)CCS(=O)(=O)Cc1cccc(Cl)c1)c1ccccc1. The van der Waals surface area contributed by atoms with Gasteiger partial charge in [0.05, 0.1) is 17.5 Å². The number of sulfone groups is 1. The highest BCUT2D eigenvalue weighted by molar-refractivity contribution is 7.90. The fourth-order valence-electron chi connectivity index (χ4n) is 2.34. The van der Waals surface area contributed by atoms with Gasteiger partial charge >= 0.3 is 0 Å². The average Bonchev–Trinajstić information content (AvgIpc) is 2.53. The summed E-state index contributed by atoms with van der Waals surface area (Å²) < 4.78 is 24.3. The van der Waals surface area contributed by atoms with Gasteiger partial charge in [-0.15, -0.1) is 0 Å². The lowest BCUT2D eigenvalue weighted by Gasteiger charge is -2.14. The molecular weight excluding hydrogens is 346 g/mol. The second-order valence-corrected chi connectivity index (χ2v) is 8.29. The van der Waals surface area contributed by atoms with Gasteiger partial charge in [-0.2, -0.15) is 0 Å². The summed E-state index contributed by atoms with van der Waals surface area (Å²) in [7, 11) is -3.37. The van der Waals surface area contributed by atoms with Crippen molar-refractivity contribution in [2.45, 2.75) is 25.1 Å². The van der Waals surface area contributed by atoms with Crippen molar-refractivity contribution in [1.82, 2.24) is 5.32 Å². The van der Waals surface area contributed by atoms with E-state index in [9.17, 15) is 13.2 Å². The van der Waals surface area contributed by atoms with Crippen LogP contribution in [0.2, 0.25) is 5.02 Å². The van der Waals surface area contributed by atoms with Gasteiger partial charge < -0.3 is 5.32 Å². The van der Waals surface area contributed by atoms with Crippen molar-refractivity contribution in [1.29, 1.82) is 0 Å². The Balaban J connectivity index is 1.86. The minimum atomic E-state index is -3.37. The maximum atomic E-state index is 12.1. The van der Waals surface area contributed by atoms with Crippen LogP contribution in [0.5, 0.6) is 0 Å². The van der Waals surface area contributed by atoms with Gasteiger partial charge in [0.15, 0.2) is 9.84 Å². The summed E-state index contributed by atoms with van der Waals surface area (Å²) in [5, 5.41) is 3.31. The summed E-state index contributed by atoms with van der Waals surface area (Å²) in [6.45, 7) is 1.87. The molecule has 1 N–H and O–H groups in total. The Morgan fingerprint density at radius 3 is 2.50 bits per heavy atom. The van der Waals surface area contributed by atoms with Crippen LogP contribution < -0.4 is 5.32 Å². The highest BCUT2D eigenvalue weighted by Gasteiger charge is 2.16. The summed E-state index contributed by atoms with van der Waals surface area (Å²) in [6, 6.07) is 16.1. The van der Waals surface area contributed by atoms with E-state index in [1.165, 1.54) is 0 Å². The molecular formula is C18H20ClNO3S. The first-order chi connectivity index (χ1) is 11.4. The van der Waals surface area contributed by atoms with Crippen LogP contribution in [-0.4, -0.2) is 20.1 Å². The fourth-order valence-corrected chi connectivity index (χ4v) is 3.88. The monoisotopic (exact) mass is 365 g/mol. The number of nitrogens with one attached hydrogen (secondary N) is 1. The molecule has 0 aliphatic rings. The van der Waals surface area contributed by atoms with Crippen molar-refractivity contribution in [2.75, 3.05) is 5.75 Å². The molecule has 2 aromatic carbocycles. The molecule has 0 aliphatic carbocycles. The Kier molecular flexibility index (Phi) is 6.40. The Morgan fingerprint density at radius 1 is 1.12 bits per heavy atom. The van der Waals surface area contributed by atoms with Crippen LogP contribution >= 0.6 is 11.6 Å². The molecule has 0 spiro atoms. The first kappa shape index (κ1) is 18.5. The standard InChI is InChI=1S/C18H20ClNO3S/c1-14(16-7-3-2-4-8-16)20-18(21)10-11-24(22,23)13-15-6-5-9-17(19)12-15/h2-9,12,14H,10-11,13H2,1H3,(H,20,21). The minimum absolute atomic E-state index is 0.0555. The quantitative estimate of drug-likeness (QED) is 0.816. The zero-order chi connectivity index (χ0) is 17.6. The Morgan fingerprint density at radius 2 is 1.83 bits per heavy atom. The van der Waals surface area contributed by atoms with E-state index in [0.29, 0.717) is 10.6 Å². The van der Waals surface area contributed by atoms with Crippen LogP contribution in [0.1, 0.15) is 30.5 Å². The second kappa shape index (κ2) is 8.31. The zero-order valence-corrected chi connectivity index (χ0v) is 15.0. The molecule has 0 fully saturated rings. The third kappa shape index (κ3) is 5.98. The summed E-state index contributed by atoms with van der Waals surface area (Å²) in [5.74, 6) is -0.580. The van der Waals surface area contributed by atoms with E-state index in [1.807, 2.05) is 37.3 Å². The molecule has 0 radical (unpaired) electrons. The van der Waals surface area contributed by atoms with Gasteiger partial charge in [-0.05, 0) is 30.2 Å². The van der Waals surface area contributed by atoms with Crippen molar-refractivity contribution in [3.63, 3.8) is 0 Å². The predicted octanol–water partition coefficient (Wildman–Crippen LogP) is 3.52. The highest BCUT2D eigenvalue weighted by atomic mass is 35.5. The Bertz CT molecular complexity index is 791. The van der Waals surface area contributed by atoms with Crippen molar-refractivity contribution < 1.29 is 13.2 Å². The van der Waals surface area contributed by atoms with Crippen LogP contribution in [0.25, 0.3) is 0 Å². The lowest BCUT2D eigenvalue weighted by atomic mass is 10.1. The first-order valence-electron chi connectivity index (χ1n) is 7.65. The number of hydrogen-bond donors (Lipinski definition) is 1. The van der Waals surface area contributed by atoms with E-state index in [1.54, 1.807) is 24.3 Å². The van der Waals surface area contributed by atoms with Crippen molar-refractivity contribution >= 4 is 27.3 Å². The lowest BCUT2D eigenvalue weighted by Crippen LogP contribution is -2.28. The summed E-state index contributed by atoms with van der Waals surface area (Å²) in [6.07, 6.45) is -0.0555. The largest absolute Gasteiger partial charge is 0.350 e. The molecule has 0 saturated carbocycles. The van der Waals surface area contributed by atoms with Gasteiger partial charge in [0.25, 0.3) is 0 Å². The number of amides is 1. The third-order valence-electron chi connectivity index (χ3n) is 3.59. The fraction of sp³-hybridized carbons (Fsp3) is 0.278. The van der Waals surface area contributed by atoms with E-state index < -0.39 is 9.84 Å². The number of hydrogen-bond acceptors (Lipinski definition) is 3. The number of halogens is 1. The maximum absolute atomic E-state index is 12.1. The maximum Gasteiger partial charge on any atom is 0.221 e. The number of carbonyl (C=O) groups is 1. The molecule has 0 aliphatic heterocycles.